The van der Waals surface area contributed by atoms with Gasteiger partial charge in [0.1, 0.15) is 5.69 Å². The molecule has 3 rings (SSSR count). The van der Waals surface area contributed by atoms with Gasteiger partial charge in [-0.1, -0.05) is 0 Å². The molecule has 0 fully saturated rings. The Morgan fingerprint density at radius 3 is 1.77 bits per heavy atom. The van der Waals surface area contributed by atoms with Crippen LogP contribution in [0.4, 0.5) is 39.5 Å². The topological polar surface area (TPSA) is 40.6 Å². The monoisotopic (exact) mass is 457 g/mol. The van der Waals surface area contributed by atoms with Crippen LogP contribution >= 0.6 is 0 Å². The van der Waals surface area contributed by atoms with Gasteiger partial charge in [0.2, 0.25) is 7.12 Å². The van der Waals surface area contributed by atoms with Gasteiger partial charge in [0, 0.05) is 0 Å². The second-order valence-electron chi connectivity index (χ2n) is 6.88. The minimum atomic E-state index is -5.05. The predicted octanol–water partition coefficient (Wildman–Crippen LogP) is 4.79. The van der Waals surface area contributed by atoms with E-state index < -0.39 is 42.7 Å². The Morgan fingerprint density at radius 1 is 0.710 bits per heavy atom. The molecule has 5 nitrogen and oxygen atoms in total. The first-order valence-electron chi connectivity index (χ1n) is 8.52. The highest BCUT2D eigenvalue weighted by Crippen LogP contribution is 2.35. The quantitative estimate of drug-likeness (QED) is 0.419. The summed E-state index contributed by atoms with van der Waals surface area (Å²) in [6.07, 6.45) is -14.2. The van der Waals surface area contributed by atoms with Crippen molar-refractivity contribution >= 4 is 7.12 Å². The molecule has 0 aliphatic rings. The van der Waals surface area contributed by atoms with E-state index in [9.17, 15) is 39.5 Å². The lowest BCUT2D eigenvalue weighted by Crippen LogP contribution is -2.47. The van der Waals surface area contributed by atoms with E-state index in [1.807, 2.05) is 0 Å². The summed E-state index contributed by atoms with van der Waals surface area (Å²) in [4.78, 5) is 0. The number of aryl methyl sites for hydroxylation is 3. The molecule has 0 saturated heterocycles. The molecule has 0 aromatic carbocycles. The number of aromatic nitrogens is 5. The molecule has 3 aromatic heterocycles. The number of nitrogens with zero attached hydrogens (tertiary/aromatic N) is 5. The Labute approximate surface area is 169 Å². The normalized spacial score (nSPS) is 13.5. The lowest BCUT2D eigenvalue weighted by atomic mass is 9.91. The second kappa shape index (κ2) is 7.09. The lowest BCUT2D eigenvalue weighted by molar-refractivity contribution is -0.143. The fourth-order valence-electron chi connectivity index (χ4n) is 3.14. The maximum Gasteiger partial charge on any atom is 0.435 e. The molecule has 169 valence electrons. The largest absolute Gasteiger partial charge is 0.502 e. The van der Waals surface area contributed by atoms with E-state index in [4.69, 9.17) is 0 Å². The molecule has 0 bridgehead atoms. The molecule has 0 aliphatic heterocycles. The number of hydrogen-bond acceptors (Lipinski definition) is 2. The first-order valence-corrected chi connectivity index (χ1v) is 8.52. The van der Waals surface area contributed by atoms with E-state index in [1.54, 1.807) is 0 Å². The highest BCUT2D eigenvalue weighted by molar-refractivity contribution is 6.53. The standard InChI is InChI=1S/C16H13BF9N5/c1-8-4-12(15(21,22)23)29(7-8)17(30-10(3)6-11(28-30)14(18,19)20)31-13(16(24,25)26)5-9(2)27-31/h4-7H,1-3H3/q-1. The Morgan fingerprint density at radius 2 is 1.29 bits per heavy atom. The van der Waals surface area contributed by atoms with Gasteiger partial charge in [0.25, 0.3) is 0 Å². The lowest BCUT2D eigenvalue weighted by Gasteiger charge is -2.36. The zero-order valence-corrected chi connectivity index (χ0v) is 16.0. The van der Waals surface area contributed by atoms with Gasteiger partial charge in [-0.05, 0) is 56.4 Å². The average Bonchev–Trinajstić information content (AvgIpc) is 3.25. The SMILES string of the molecule is Cc1cc(C(F)(F)F)n([B-](n2nc(C(F)(F)F)cc2C)n2nc(C)cc2C(F)(F)F)c1. The molecule has 1 radical (unpaired) electrons. The van der Waals surface area contributed by atoms with Crippen LogP contribution in [-0.2, 0) is 18.5 Å². The van der Waals surface area contributed by atoms with E-state index in [1.165, 1.54) is 13.8 Å². The molecule has 0 saturated carbocycles. The zero-order chi connectivity index (χ0) is 23.5. The van der Waals surface area contributed by atoms with Crippen molar-refractivity contribution in [3.8, 4) is 0 Å². The highest BCUT2D eigenvalue weighted by atomic mass is 19.4. The molecule has 0 atom stereocenters. The van der Waals surface area contributed by atoms with Gasteiger partial charge in [-0.2, -0.15) is 39.5 Å². The van der Waals surface area contributed by atoms with Crippen LogP contribution in [-0.4, -0.2) is 31.0 Å². The molecular formula is C16H13BF9N5-. The molecule has 0 N–H and O–H groups in total. The maximum absolute atomic E-state index is 13.6. The van der Waals surface area contributed by atoms with Crippen molar-refractivity contribution in [1.29, 1.82) is 0 Å². The van der Waals surface area contributed by atoms with E-state index in [-0.39, 0.29) is 21.5 Å². The van der Waals surface area contributed by atoms with E-state index in [0.29, 0.717) is 27.3 Å². The van der Waals surface area contributed by atoms with Crippen molar-refractivity contribution in [2.75, 3.05) is 0 Å². The summed E-state index contributed by atoms with van der Waals surface area (Å²) in [7, 11) is -2.15. The third kappa shape index (κ3) is 4.30. The highest BCUT2D eigenvalue weighted by Gasteiger charge is 2.39. The molecule has 0 amide bonds. The Hall–Kier alpha value is -2.87. The van der Waals surface area contributed by atoms with Crippen molar-refractivity contribution in [1.82, 2.24) is 23.9 Å². The van der Waals surface area contributed by atoms with Crippen molar-refractivity contribution < 1.29 is 39.5 Å². The molecule has 3 aromatic rings. The summed E-state index contributed by atoms with van der Waals surface area (Å²) in [5.74, 6) is 0. The fraction of sp³-hybridized carbons (Fsp3) is 0.375. The average molecular weight is 457 g/mol. The molecular weight excluding hydrogens is 444 g/mol. The summed E-state index contributed by atoms with van der Waals surface area (Å²) in [5.41, 5.74) is -4.79. The summed E-state index contributed by atoms with van der Waals surface area (Å²) >= 11 is 0. The number of halogens is 9. The first-order chi connectivity index (χ1) is 14.0. The van der Waals surface area contributed by atoms with Crippen LogP contribution in [0, 0.1) is 20.8 Å². The summed E-state index contributed by atoms with van der Waals surface area (Å²) in [6.45, 7) is 3.52. The van der Waals surface area contributed by atoms with Crippen LogP contribution in [0.5, 0.6) is 0 Å². The zero-order valence-electron chi connectivity index (χ0n) is 16.0. The smallest absolute Gasteiger partial charge is 0.435 e. The molecule has 31 heavy (non-hydrogen) atoms. The Balaban J connectivity index is 2.38. The van der Waals surface area contributed by atoms with Crippen molar-refractivity contribution in [2.45, 2.75) is 39.3 Å². The Kier molecular flexibility index (Phi) is 5.22. The van der Waals surface area contributed by atoms with E-state index in [2.05, 4.69) is 10.2 Å². The molecule has 0 aliphatic carbocycles. The van der Waals surface area contributed by atoms with Crippen molar-refractivity contribution in [2.24, 2.45) is 0 Å². The predicted molar refractivity (Wildman–Crippen MR) is 90.1 cm³/mol. The molecule has 3 heterocycles. The van der Waals surface area contributed by atoms with Crippen LogP contribution < -0.4 is 0 Å². The van der Waals surface area contributed by atoms with Crippen LogP contribution in [0.15, 0.2) is 24.4 Å². The molecule has 0 unspecified atom stereocenters. The van der Waals surface area contributed by atoms with Crippen LogP contribution in [0.2, 0.25) is 0 Å². The minimum Gasteiger partial charge on any atom is -0.502 e. The van der Waals surface area contributed by atoms with Gasteiger partial charge < -0.3 is 13.7 Å². The summed E-state index contributed by atoms with van der Waals surface area (Å²) in [6, 6.07) is 1.78. The molecule has 0 spiro atoms. The second-order valence-corrected chi connectivity index (χ2v) is 6.88. The van der Waals surface area contributed by atoms with Crippen molar-refractivity contribution in [3.05, 3.63) is 58.4 Å². The third-order valence-electron chi connectivity index (χ3n) is 4.32. The Bertz CT molecular complexity index is 1040. The number of alkyl halides is 9. The van der Waals surface area contributed by atoms with Crippen molar-refractivity contribution in [3.63, 3.8) is 0 Å². The number of hydrogen-bond donors (Lipinski definition) is 0. The van der Waals surface area contributed by atoms with Gasteiger partial charge >= 0.3 is 18.5 Å². The summed E-state index contributed by atoms with van der Waals surface area (Å²) < 4.78 is 122. The van der Waals surface area contributed by atoms with Gasteiger partial charge in [0.05, 0.1) is 11.4 Å². The van der Waals surface area contributed by atoms with Crippen LogP contribution in [0.25, 0.3) is 0 Å². The minimum absolute atomic E-state index is 0.0237. The third-order valence-corrected chi connectivity index (χ3v) is 4.32. The van der Waals surface area contributed by atoms with Gasteiger partial charge in [-0.3, -0.25) is 0 Å². The van der Waals surface area contributed by atoms with Crippen LogP contribution in [0.3, 0.4) is 0 Å². The van der Waals surface area contributed by atoms with Gasteiger partial charge in [-0.15, -0.1) is 0 Å². The summed E-state index contributed by atoms with van der Waals surface area (Å²) in [5, 5.41) is 6.92. The van der Waals surface area contributed by atoms with Gasteiger partial charge in [-0.25, -0.2) is 10.2 Å². The first kappa shape index (κ1) is 22.8. The maximum atomic E-state index is 13.6. The number of rotatable bonds is 3. The fourth-order valence-corrected chi connectivity index (χ4v) is 3.14. The van der Waals surface area contributed by atoms with Crippen LogP contribution in [0.1, 0.15) is 34.0 Å². The molecule has 15 heteroatoms. The van der Waals surface area contributed by atoms with E-state index >= 15 is 0 Å². The van der Waals surface area contributed by atoms with E-state index in [0.717, 1.165) is 13.1 Å². The van der Waals surface area contributed by atoms with Gasteiger partial charge in [0.15, 0.2) is 5.69 Å².